The molecule has 0 saturated carbocycles. The summed E-state index contributed by atoms with van der Waals surface area (Å²) in [4.78, 5) is 14.5. The number of nitrogens with one attached hydrogen (secondary N) is 1. The summed E-state index contributed by atoms with van der Waals surface area (Å²) < 4.78 is 30.8. The molecule has 0 aromatic rings. The highest BCUT2D eigenvalue weighted by molar-refractivity contribution is 5.67. The van der Waals surface area contributed by atoms with Gasteiger partial charge in [-0.3, -0.25) is 0 Å². The van der Waals surface area contributed by atoms with Crippen molar-refractivity contribution in [3.8, 4) is 0 Å². The maximum atomic E-state index is 12.1. The number of hydrogen-bond acceptors (Lipinski definition) is 7. The summed E-state index contributed by atoms with van der Waals surface area (Å²) in [5, 5.41) is 2.55. The van der Waals surface area contributed by atoms with E-state index in [4.69, 9.17) is 23.7 Å². The predicted octanol–water partition coefficient (Wildman–Crippen LogP) is 4.21. The smallest absolute Gasteiger partial charge is 0.407 e. The molecule has 192 valence electrons. The number of ether oxygens (including phenoxy) is 5. The highest BCUT2D eigenvalue weighted by Crippen LogP contribution is 2.47. The van der Waals surface area contributed by atoms with E-state index in [-0.39, 0.29) is 12.7 Å². The van der Waals surface area contributed by atoms with Crippen molar-refractivity contribution in [2.24, 2.45) is 0 Å². The number of fused-ring (bicyclic) bond motifs is 1. The van der Waals surface area contributed by atoms with Gasteiger partial charge in [-0.25, -0.2) is 4.79 Å². The molecule has 0 spiro atoms. The molecule has 4 atom stereocenters. The second kappa shape index (κ2) is 12.7. The van der Waals surface area contributed by atoms with Crippen molar-refractivity contribution >= 4 is 6.09 Å². The third-order valence-electron chi connectivity index (χ3n) is 6.81. The second-order valence-electron chi connectivity index (χ2n) is 10.2. The topological polar surface area (TPSA) is 78.5 Å². The molecule has 0 bridgehead atoms. The number of nitrogens with zero attached hydrogens (tertiary/aromatic N) is 1. The van der Waals surface area contributed by atoms with Gasteiger partial charge in [0.1, 0.15) is 12.7 Å². The SMILES string of the molecule is CCCCCCCCCCOC[C@@]12O[C@@H](CN3CCCC3)[C@@H](OC(=O)NC)[C@@H]1OC(C)(C)O2. The average Bonchev–Trinajstić information content (AvgIpc) is 3.44. The Morgan fingerprint density at radius 2 is 1.70 bits per heavy atom. The standard InChI is InChI=1S/C25H46N2O6/c1-5-6-7-8-9-10-11-14-17-29-19-25-22(32-24(2,3)33-25)21(30-23(28)26-4)20(31-25)18-27-15-12-13-16-27/h20-22H,5-19H2,1-4H3,(H,26,28)/t20-,21+,22-,25-/m0/s1. The Bertz CT molecular complexity index is 597. The van der Waals surface area contributed by atoms with Crippen molar-refractivity contribution in [3.05, 3.63) is 0 Å². The fraction of sp³-hybridized carbons (Fsp3) is 0.960. The van der Waals surface area contributed by atoms with Crippen molar-refractivity contribution in [1.82, 2.24) is 10.2 Å². The Morgan fingerprint density at radius 1 is 1.03 bits per heavy atom. The van der Waals surface area contributed by atoms with E-state index in [2.05, 4.69) is 17.1 Å². The zero-order valence-corrected chi connectivity index (χ0v) is 21.2. The van der Waals surface area contributed by atoms with Gasteiger partial charge in [0, 0.05) is 20.2 Å². The quantitative estimate of drug-likeness (QED) is 0.381. The molecule has 0 aromatic heterocycles. The van der Waals surface area contributed by atoms with Crippen LogP contribution in [0.3, 0.4) is 0 Å². The van der Waals surface area contributed by atoms with E-state index < -0.39 is 29.9 Å². The van der Waals surface area contributed by atoms with Crippen LogP contribution < -0.4 is 5.32 Å². The Labute approximate surface area is 200 Å². The van der Waals surface area contributed by atoms with Crippen LogP contribution in [0.4, 0.5) is 4.79 Å². The van der Waals surface area contributed by atoms with E-state index in [9.17, 15) is 4.79 Å². The largest absolute Gasteiger partial charge is 0.440 e. The van der Waals surface area contributed by atoms with Crippen molar-refractivity contribution in [3.63, 3.8) is 0 Å². The molecule has 0 aromatic carbocycles. The lowest BCUT2D eigenvalue weighted by molar-refractivity contribution is -0.279. The zero-order chi connectivity index (χ0) is 23.7. The molecule has 1 N–H and O–H groups in total. The fourth-order valence-corrected chi connectivity index (χ4v) is 5.20. The van der Waals surface area contributed by atoms with E-state index in [0.29, 0.717) is 13.2 Å². The first kappa shape index (κ1) is 26.7. The van der Waals surface area contributed by atoms with E-state index in [1.165, 1.54) is 57.8 Å². The van der Waals surface area contributed by atoms with Crippen molar-refractivity contribution in [2.75, 3.05) is 39.9 Å². The summed E-state index contributed by atoms with van der Waals surface area (Å²) in [6.07, 6.45) is 10.5. The van der Waals surface area contributed by atoms with Crippen LogP contribution in [-0.2, 0) is 23.7 Å². The van der Waals surface area contributed by atoms with Gasteiger partial charge in [0.15, 0.2) is 18.0 Å². The first-order valence-corrected chi connectivity index (χ1v) is 13.1. The lowest BCUT2D eigenvalue weighted by Crippen LogP contribution is -2.46. The van der Waals surface area contributed by atoms with Crippen LogP contribution in [0.15, 0.2) is 0 Å². The van der Waals surface area contributed by atoms with E-state index in [1.807, 2.05) is 13.8 Å². The monoisotopic (exact) mass is 470 g/mol. The van der Waals surface area contributed by atoms with Gasteiger partial charge >= 0.3 is 6.09 Å². The molecular weight excluding hydrogens is 424 g/mol. The molecule has 8 heteroatoms. The molecule has 3 fully saturated rings. The maximum Gasteiger partial charge on any atom is 0.407 e. The first-order chi connectivity index (χ1) is 15.9. The molecule has 3 saturated heterocycles. The van der Waals surface area contributed by atoms with E-state index >= 15 is 0 Å². The highest BCUT2D eigenvalue weighted by atomic mass is 16.9. The molecule has 3 heterocycles. The molecule has 0 radical (unpaired) electrons. The molecule has 0 aliphatic carbocycles. The molecule has 33 heavy (non-hydrogen) atoms. The minimum atomic E-state index is -1.06. The molecule has 0 unspecified atom stereocenters. The average molecular weight is 471 g/mol. The van der Waals surface area contributed by atoms with Gasteiger partial charge in [-0.2, -0.15) is 0 Å². The van der Waals surface area contributed by atoms with Crippen LogP contribution in [0.5, 0.6) is 0 Å². The number of rotatable bonds is 14. The highest BCUT2D eigenvalue weighted by Gasteiger charge is 2.66. The van der Waals surface area contributed by atoms with Crippen molar-refractivity contribution in [1.29, 1.82) is 0 Å². The van der Waals surface area contributed by atoms with Crippen LogP contribution in [0.2, 0.25) is 0 Å². The summed E-state index contributed by atoms with van der Waals surface area (Å²) >= 11 is 0. The van der Waals surface area contributed by atoms with Crippen LogP contribution in [0, 0.1) is 0 Å². The minimum absolute atomic E-state index is 0.266. The fourth-order valence-electron chi connectivity index (χ4n) is 5.20. The predicted molar refractivity (Wildman–Crippen MR) is 126 cm³/mol. The maximum absolute atomic E-state index is 12.1. The molecule has 3 rings (SSSR count). The number of likely N-dealkylation sites (tertiary alicyclic amines) is 1. The summed E-state index contributed by atoms with van der Waals surface area (Å²) in [5.41, 5.74) is 0. The van der Waals surface area contributed by atoms with Gasteiger partial charge < -0.3 is 33.9 Å². The van der Waals surface area contributed by atoms with Crippen LogP contribution >= 0.6 is 0 Å². The molecule has 3 aliphatic heterocycles. The van der Waals surface area contributed by atoms with Crippen molar-refractivity contribution < 1.29 is 28.5 Å². The summed E-state index contributed by atoms with van der Waals surface area (Å²) in [7, 11) is 1.56. The van der Waals surface area contributed by atoms with E-state index in [1.54, 1.807) is 7.05 Å². The second-order valence-corrected chi connectivity index (χ2v) is 10.2. The van der Waals surface area contributed by atoms with Gasteiger partial charge in [-0.15, -0.1) is 0 Å². The van der Waals surface area contributed by atoms with Gasteiger partial charge in [-0.05, 0) is 46.2 Å². The summed E-state index contributed by atoms with van der Waals surface area (Å²) in [6.45, 7) is 9.65. The number of amides is 1. The molecule has 8 nitrogen and oxygen atoms in total. The number of alkyl carbamates (subject to hydrolysis) is 1. The lowest BCUT2D eigenvalue weighted by atomic mass is 10.0. The number of carbonyl (C=O) groups is 1. The van der Waals surface area contributed by atoms with E-state index in [0.717, 1.165) is 19.5 Å². The number of unbranched alkanes of at least 4 members (excludes halogenated alkanes) is 7. The van der Waals surface area contributed by atoms with Gasteiger partial charge in [0.2, 0.25) is 5.79 Å². The normalized spacial score (nSPS) is 31.1. The van der Waals surface area contributed by atoms with Crippen LogP contribution in [0.25, 0.3) is 0 Å². The van der Waals surface area contributed by atoms with Gasteiger partial charge in [-0.1, -0.05) is 51.9 Å². The zero-order valence-electron chi connectivity index (χ0n) is 21.2. The Hall–Kier alpha value is -0.930. The first-order valence-electron chi connectivity index (χ1n) is 13.1. The Kier molecular flexibility index (Phi) is 10.2. The third kappa shape index (κ3) is 7.52. The molecular formula is C25H46N2O6. The lowest BCUT2D eigenvalue weighted by Gasteiger charge is -2.30. The minimum Gasteiger partial charge on any atom is -0.440 e. The summed E-state index contributed by atoms with van der Waals surface area (Å²) in [5.74, 6) is -1.90. The molecule has 3 aliphatic rings. The summed E-state index contributed by atoms with van der Waals surface area (Å²) in [6, 6.07) is 0. The molecule has 1 amide bonds. The Morgan fingerprint density at radius 3 is 2.36 bits per heavy atom. The van der Waals surface area contributed by atoms with Gasteiger partial charge in [0.05, 0.1) is 0 Å². The number of carbonyl (C=O) groups excluding carboxylic acids is 1. The van der Waals surface area contributed by atoms with Crippen LogP contribution in [0.1, 0.15) is 85.0 Å². The third-order valence-corrected chi connectivity index (χ3v) is 6.81. The number of hydrogen-bond donors (Lipinski definition) is 1. The van der Waals surface area contributed by atoms with Gasteiger partial charge in [0.25, 0.3) is 0 Å². The van der Waals surface area contributed by atoms with Crippen molar-refractivity contribution in [2.45, 2.75) is 115 Å². The Balaban J connectivity index is 1.53. The van der Waals surface area contributed by atoms with Crippen LogP contribution in [-0.4, -0.2) is 80.8 Å².